The Hall–Kier alpha value is -3.94. The number of piperazine rings is 2. The minimum absolute atomic E-state index is 0.616. The van der Waals surface area contributed by atoms with Crippen molar-refractivity contribution in [1.82, 2.24) is 24.5 Å². The number of hydrogen-bond donors (Lipinski definition) is 0. The van der Waals surface area contributed by atoms with E-state index >= 15 is 0 Å². The Kier molecular flexibility index (Phi) is 16.9. The average Bonchev–Trinajstić information content (AvgIpc) is 3.87. The molecule has 0 aliphatic carbocycles. The fourth-order valence-corrected chi connectivity index (χ4v) is 9.74. The zero-order chi connectivity index (χ0) is 42.6. The van der Waals surface area contributed by atoms with Crippen molar-refractivity contribution in [2.24, 2.45) is 0 Å². The molecule has 9 rings (SSSR count). The smallest absolute Gasteiger partial charge is 0.0427 e. The summed E-state index contributed by atoms with van der Waals surface area (Å²) in [6, 6.07) is 43.3. The SMILES string of the molecule is C=C1CN(C(C)C)CCN1Cc1ccccc1.CC(C)N1CC2CC1CN2Cc1ccccc1.CC(C)N1CCCc2ccccc21.CC(C)N1CCc2ccccc2C1. The van der Waals surface area contributed by atoms with E-state index in [4.69, 9.17) is 0 Å². The molecule has 5 aliphatic rings. The van der Waals surface area contributed by atoms with Gasteiger partial charge in [0.1, 0.15) is 0 Å². The Labute approximate surface area is 365 Å². The first-order chi connectivity index (χ1) is 29.0. The fourth-order valence-electron chi connectivity index (χ4n) is 9.74. The van der Waals surface area contributed by atoms with Gasteiger partial charge >= 0.3 is 0 Å². The average molecular weight is 811 g/mol. The van der Waals surface area contributed by atoms with Crippen LogP contribution in [0.3, 0.4) is 0 Å². The van der Waals surface area contributed by atoms with E-state index in [1.54, 1.807) is 5.56 Å². The van der Waals surface area contributed by atoms with E-state index in [0.717, 1.165) is 51.4 Å². The molecule has 0 spiro atoms. The molecule has 0 radical (unpaired) electrons. The molecule has 6 nitrogen and oxygen atoms in total. The third-order valence-corrected chi connectivity index (χ3v) is 13.4. The number of anilines is 1. The van der Waals surface area contributed by atoms with Gasteiger partial charge in [-0.1, -0.05) is 110 Å². The highest BCUT2D eigenvalue weighted by molar-refractivity contribution is 5.55. The summed E-state index contributed by atoms with van der Waals surface area (Å²) in [6.07, 6.45) is 5.15. The molecule has 6 heteroatoms. The summed E-state index contributed by atoms with van der Waals surface area (Å²) in [6.45, 7) is 33.9. The van der Waals surface area contributed by atoms with Gasteiger partial charge in [-0.25, -0.2) is 0 Å². The molecular formula is C54H78N6. The molecule has 2 bridgehead atoms. The van der Waals surface area contributed by atoms with Crippen molar-refractivity contribution in [3.63, 3.8) is 0 Å². The first-order valence-electron chi connectivity index (χ1n) is 23.4. The summed E-state index contributed by atoms with van der Waals surface area (Å²) < 4.78 is 0. The molecule has 4 aromatic rings. The van der Waals surface area contributed by atoms with E-state index < -0.39 is 0 Å². The van der Waals surface area contributed by atoms with Crippen LogP contribution in [-0.2, 0) is 32.5 Å². The molecule has 324 valence electrons. The highest BCUT2D eigenvalue weighted by atomic mass is 15.4. The lowest BCUT2D eigenvalue weighted by Crippen LogP contribution is -2.48. The molecule has 2 unspecified atom stereocenters. The Morgan fingerprint density at radius 2 is 1.10 bits per heavy atom. The molecule has 0 amide bonds. The first kappa shape index (κ1) is 45.6. The summed E-state index contributed by atoms with van der Waals surface area (Å²) in [5, 5.41) is 0. The van der Waals surface area contributed by atoms with Crippen molar-refractivity contribution in [1.29, 1.82) is 0 Å². The van der Waals surface area contributed by atoms with Gasteiger partial charge in [-0.2, -0.15) is 0 Å². The molecule has 0 N–H and O–H groups in total. The van der Waals surface area contributed by atoms with Gasteiger partial charge in [-0.05, 0) is 115 Å². The number of para-hydroxylation sites is 1. The molecule has 2 atom stereocenters. The van der Waals surface area contributed by atoms with Gasteiger partial charge < -0.3 is 9.80 Å². The van der Waals surface area contributed by atoms with Crippen molar-refractivity contribution in [2.45, 2.75) is 137 Å². The van der Waals surface area contributed by atoms with E-state index in [-0.39, 0.29) is 0 Å². The van der Waals surface area contributed by atoms with Crippen molar-refractivity contribution in [3.05, 3.63) is 149 Å². The third-order valence-electron chi connectivity index (χ3n) is 13.4. The van der Waals surface area contributed by atoms with Crippen LogP contribution in [-0.4, -0.2) is 107 Å². The van der Waals surface area contributed by atoms with Crippen molar-refractivity contribution in [3.8, 4) is 0 Å². The number of rotatable bonds is 8. The van der Waals surface area contributed by atoms with Crippen LogP contribution in [0.15, 0.2) is 121 Å². The Morgan fingerprint density at radius 1 is 0.517 bits per heavy atom. The van der Waals surface area contributed by atoms with Crippen LogP contribution in [0, 0.1) is 0 Å². The van der Waals surface area contributed by atoms with Gasteiger partial charge in [-0.3, -0.25) is 19.6 Å². The molecule has 4 aromatic carbocycles. The van der Waals surface area contributed by atoms with E-state index in [9.17, 15) is 0 Å². The molecule has 3 fully saturated rings. The lowest BCUT2D eigenvalue weighted by molar-refractivity contribution is 0.0999. The second kappa shape index (κ2) is 22.2. The normalized spacial score (nSPS) is 20.6. The molecule has 5 heterocycles. The maximum Gasteiger partial charge on any atom is 0.0427 e. The number of nitrogens with zero attached hydrogens (tertiary/aromatic N) is 6. The van der Waals surface area contributed by atoms with Crippen LogP contribution in [0.5, 0.6) is 0 Å². The molecular weight excluding hydrogens is 733 g/mol. The Balaban J connectivity index is 0.000000135. The van der Waals surface area contributed by atoms with Crippen LogP contribution in [0.4, 0.5) is 5.69 Å². The Morgan fingerprint density at radius 3 is 1.68 bits per heavy atom. The minimum atomic E-state index is 0.616. The third kappa shape index (κ3) is 12.6. The molecule has 5 aliphatic heterocycles. The molecule has 0 saturated carbocycles. The van der Waals surface area contributed by atoms with Gasteiger partial charge in [0.05, 0.1) is 0 Å². The van der Waals surface area contributed by atoms with Crippen LogP contribution >= 0.6 is 0 Å². The Bertz CT molecular complexity index is 1870. The van der Waals surface area contributed by atoms with E-state index in [0.29, 0.717) is 24.2 Å². The van der Waals surface area contributed by atoms with Gasteiger partial charge in [0.15, 0.2) is 0 Å². The van der Waals surface area contributed by atoms with Crippen molar-refractivity contribution >= 4 is 5.69 Å². The van der Waals surface area contributed by atoms with E-state index in [1.807, 2.05) is 0 Å². The fraction of sp³-hybridized carbons (Fsp3) is 0.519. The zero-order valence-corrected chi connectivity index (χ0v) is 38.6. The zero-order valence-electron chi connectivity index (χ0n) is 38.6. The first-order valence-corrected chi connectivity index (χ1v) is 23.4. The molecule has 0 aromatic heterocycles. The largest absolute Gasteiger partial charge is 0.369 e. The summed E-state index contributed by atoms with van der Waals surface area (Å²) in [5.41, 5.74) is 10.1. The van der Waals surface area contributed by atoms with Crippen molar-refractivity contribution < 1.29 is 0 Å². The maximum absolute atomic E-state index is 4.21. The number of benzene rings is 4. The van der Waals surface area contributed by atoms with Crippen molar-refractivity contribution in [2.75, 3.05) is 50.7 Å². The molecule has 60 heavy (non-hydrogen) atoms. The van der Waals surface area contributed by atoms with E-state index in [2.05, 4.69) is 201 Å². The number of hydrogen-bond acceptors (Lipinski definition) is 6. The van der Waals surface area contributed by atoms with Gasteiger partial charge in [0, 0.05) is 113 Å². The van der Waals surface area contributed by atoms with Gasteiger partial charge in [0.25, 0.3) is 0 Å². The second-order valence-electron chi connectivity index (χ2n) is 18.9. The predicted octanol–water partition coefficient (Wildman–Crippen LogP) is 10.4. The lowest BCUT2D eigenvalue weighted by Gasteiger charge is -2.39. The summed E-state index contributed by atoms with van der Waals surface area (Å²) in [7, 11) is 0. The second-order valence-corrected chi connectivity index (χ2v) is 18.9. The number of fused-ring (bicyclic) bond motifs is 4. The monoisotopic (exact) mass is 811 g/mol. The highest BCUT2D eigenvalue weighted by Crippen LogP contribution is 2.33. The van der Waals surface area contributed by atoms with Crippen LogP contribution in [0.2, 0.25) is 0 Å². The predicted molar refractivity (Wildman–Crippen MR) is 257 cm³/mol. The van der Waals surface area contributed by atoms with Gasteiger partial charge in [0.2, 0.25) is 0 Å². The lowest BCUT2D eigenvalue weighted by atomic mass is 9.99. The van der Waals surface area contributed by atoms with Crippen LogP contribution < -0.4 is 4.90 Å². The minimum Gasteiger partial charge on any atom is -0.369 e. The van der Waals surface area contributed by atoms with Gasteiger partial charge in [-0.15, -0.1) is 0 Å². The summed E-state index contributed by atoms with van der Waals surface area (Å²) in [5.74, 6) is 0. The van der Waals surface area contributed by atoms with Crippen LogP contribution in [0.1, 0.15) is 96.0 Å². The van der Waals surface area contributed by atoms with Crippen LogP contribution in [0.25, 0.3) is 0 Å². The number of likely N-dealkylation sites (tertiary alicyclic amines) is 2. The summed E-state index contributed by atoms with van der Waals surface area (Å²) in [4.78, 5) is 15.2. The number of aryl methyl sites for hydroxylation is 1. The summed E-state index contributed by atoms with van der Waals surface area (Å²) >= 11 is 0. The maximum atomic E-state index is 4.21. The highest BCUT2D eigenvalue weighted by Gasteiger charge is 2.43. The standard InChI is InChI=1S/2C15H22N2.2C12H17N/c1-12(2)17-11-14-8-15(17)10-16(14)9-13-6-4-3-5-7-13;1-13(2)16-9-10-17(14(3)11-16)12-15-7-5-4-6-8-15;1-10(2)13-9-5-7-11-6-3-4-8-12(11)13;1-10(2)13-8-7-11-5-3-4-6-12(11)9-13/h3-7,12,14-15H,8-11H2,1-2H3;4-8,13H,3,9-12H2,1-2H3;3-4,6,8,10H,5,7,9H2,1-2H3;3-6,10H,7-9H2,1-2H3. The molecule has 3 saturated heterocycles. The van der Waals surface area contributed by atoms with E-state index in [1.165, 1.54) is 85.5 Å². The topological polar surface area (TPSA) is 19.4 Å². The quantitative estimate of drug-likeness (QED) is 0.175.